The van der Waals surface area contributed by atoms with Crippen molar-refractivity contribution in [3.8, 4) is 11.5 Å². The Morgan fingerprint density at radius 3 is 2.33 bits per heavy atom. The van der Waals surface area contributed by atoms with Crippen molar-refractivity contribution in [1.82, 2.24) is 5.01 Å². The summed E-state index contributed by atoms with van der Waals surface area (Å²) in [6.07, 6.45) is 3.51. The summed E-state index contributed by atoms with van der Waals surface area (Å²) in [7, 11) is 0. The molecule has 0 atom stereocenters. The van der Waals surface area contributed by atoms with E-state index in [1.807, 2.05) is 0 Å². The van der Waals surface area contributed by atoms with Gasteiger partial charge in [-0.3, -0.25) is 0 Å². The van der Waals surface area contributed by atoms with Crippen LogP contribution in [0.15, 0.2) is 30.6 Å². The lowest BCUT2D eigenvalue weighted by Gasteiger charge is -2.12. The fourth-order valence-electron chi connectivity index (χ4n) is 1.24. The molecular formula is C10H15N3O2. The van der Waals surface area contributed by atoms with Gasteiger partial charge in [-0.2, -0.15) is 0 Å². The first-order valence-corrected chi connectivity index (χ1v) is 4.53. The second-order valence-corrected chi connectivity index (χ2v) is 3.19. The summed E-state index contributed by atoms with van der Waals surface area (Å²) in [4.78, 5) is 0. The van der Waals surface area contributed by atoms with Gasteiger partial charge in [0.05, 0.1) is 0 Å². The van der Waals surface area contributed by atoms with E-state index in [2.05, 4.69) is 0 Å². The van der Waals surface area contributed by atoms with Crippen molar-refractivity contribution in [2.45, 2.75) is 6.42 Å². The normalized spacial score (nSPS) is 10.7. The van der Waals surface area contributed by atoms with E-state index < -0.39 is 0 Å². The van der Waals surface area contributed by atoms with Crippen molar-refractivity contribution in [2.24, 2.45) is 11.6 Å². The smallest absolute Gasteiger partial charge is 0.119 e. The SMILES string of the molecule is N/C=C\N(N)CCc1cc(O)cc(O)c1. The molecule has 0 radical (unpaired) electrons. The molecule has 0 saturated heterocycles. The van der Waals surface area contributed by atoms with Gasteiger partial charge in [0, 0.05) is 25.0 Å². The topological polar surface area (TPSA) is 95.7 Å². The highest BCUT2D eigenvalue weighted by molar-refractivity contribution is 5.36. The molecule has 0 aliphatic heterocycles. The molecule has 0 spiro atoms. The lowest BCUT2D eigenvalue weighted by atomic mass is 10.1. The Morgan fingerprint density at radius 1 is 1.20 bits per heavy atom. The zero-order valence-corrected chi connectivity index (χ0v) is 8.30. The van der Waals surface area contributed by atoms with Gasteiger partial charge in [-0.05, 0) is 24.1 Å². The summed E-state index contributed by atoms with van der Waals surface area (Å²) in [5, 5.41) is 19.9. The molecule has 15 heavy (non-hydrogen) atoms. The standard InChI is InChI=1S/C10H15N3O2/c11-2-4-13(12)3-1-8-5-9(14)7-10(15)6-8/h2,4-7,14-15H,1,3,11-12H2/b4-2-. The van der Waals surface area contributed by atoms with Crippen LogP contribution in [0.3, 0.4) is 0 Å². The maximum atomic E-state index is 9.22. The predicted octanol–water partition coefficient (Wildman–Crippen LogP) is 0.246. The number of phenolic OH excluding ortho intramolecular Hbond substituents is 2. The van der Waals surface area contributed by atoms with Crippen molar-refractivity contribution in [3.05, 3.63) is 36.2 Å². The zero-order chi connectivity index (χ0) is 11.3. The highest BCUT2D eigenvalue weighted by Crippen LogP contribution is 2.20. The average molecular weight is 209 g/mol. The number of hydrogen-bond acceptors (Lipinski definition) is 5. The van der Waals surface area contributed by atoms with Crippen LogP contribution < -0.4 is 11.6 Å². The molecule has 1 aromatic carbocycles. The van der Waals surface area contributed by atoms with Gasteiger partial charge in [0.2, 0.25) is 0 Å². The number of phenols is 2. The van der Waals surface area contributed by atoms with Crippen molar-refractivity contribution in [3.63, 3.8) is 0 Å². The average Bonchev–Trinajstić information content (AvgIpc) is 2.14. The molecule has 0 unspecified atom stereocenters. The molecule has 1 rings (SSSR count). The summed E-state index contributed by atoms with van der Waals surface area (Å²) in [5.74, 6) is 5.64. The number of nitrogens with zero attached hydrogens (tertiary/aromatic N) is 1. The van der Waals surface area contributed by atoms with Gasteiger partial charge in [-0.1, -0.05) is 0 Å². The first-order chi connectivity index (χ1) is 7.11. The molecule has 0 bridgehead atoms. The van der Waals surface area contributed by atoms with Crippen molar-refractivity contribution in [2.75, 3.05) is 6.54 Å². The number of aromatic hydroxyl groups is 2. The van der Waals surface area contributed by atoms with E-state index in [1.54, 1.807) is 18.3 Å². The van der Waals surface area contributed by atoms with Crippen LogP contribution in [0.5, 0.6) is 11.5 Å². The lowest BCUT2D eigenvalue weighted by molar-refractivity contribution is 0.396. The molecule has 82 valence electrons. The summed E-state index contributed by atoms with van der Waals surface area (Å²) < 4.78 is 0. The van der Waals surface area contributed by atoms with Crippen LogP contribution in [-0.2, 0) is 6.42 Å². The van der Waals surface area contributed by atoms with E-state index >= 15 is 0 Å². The number of hydrazine groups is 1. The maximum Gasteiger partial charge on any atom is 0.119 e. The number of hydrogen-bond donors (Lipinski definition) is 4. The summed E-state index contributed by atoms with van der Waals surface area (Å²) in [6.45, 7) is 0.552. The minimum Gasteiger partial charge on any atom is -0.508 e. The van der Waals surface area contributed by atoms with Gasteiger partial charge in [-0.25, -0.2) is 5.84 Å². The second kappa shape index (κ2) is 5.11. The molecule has 0 aromatic heterocycles. The minimum atomic E-state index is 0.0444. The minimum absolute atomic E-state index is 0.0444. The van der Waals surface area contributed by atoms with Gasteiger partial charge in [0.1, 0.15) is 11.5 Å². The second-order valence-electron chi connectivity index (χ2n) is 3.19. The van der Waals surface area contributed by atoms with Crippen molar-refractivity contribution in [1.29, 1.82) is 0 Å². The molecule has 5 nitrogen and oxygen atoms in total. The van der Waals surface area contributed by atoms with Crippen molar-refractivity contribution < 1.29 is 10.2 Å². The molecule has 0 amide bonds. The van der Waals surface area contributed by atoms with Crippen LogP contribution in [0.2, 0.25) is 0 Å². The summed E-state index contributed by atoms with van der Waals surface area (Å²) in [6, 6.07) is 4.45. The monoisotopic (exact) mass is 209 g/mol. The number of rotatable bonds is 4. The van der Waals surface area contributed by atoms with Crippen molar-refractivity contribution >= 4 is 0 Å². The van der Waals surface area contributed by atoms with Gasteiger partial charge in [-0.15, -0.1) is 0 Å². The molecule has 1 aromatic rings. The Morgan fingerprint density at radius 2 is 1.80 bits per heavy atom. The van der Waals surface area contributed by atoms with Gasteiger partial charge in [0.15, 0.2) is 0 Å². The van der Waals surface area contributed by atoms with Crippen LogP contribution in [0.1, 0.15) is 5.56 Å². The molecule has 5 heteroatoms. The largest absolute Gasteiger partial charge is 0.508 e. The third-order valence-electron chi connectivity index (χ3n) is 1.90. The van der Waals surface area contributed by atoms with Gasteiger partial charge < -0.3 is 21.0 Å². The Bertz CT molecular complexity index is 332. The van der Waals surface area contributed by atoms with E-state index in [0.29, 0.717) is 13.0 Å². The lowest BCUT2D eigenvalue weighted by Crippen LogP contribution is -2.27. The van der Waals surface area contributed by atoms with Crippen LogP contribution in [-0.4, -0.2) is 21.8 Å². The van der Waals surface area contributed by atoms with Crippen LogP contribution in [0.25, 0.3) is 0 Å². The maximum absolute atomic E-state index is 9.22. The highest BCUT2D eigenvalue weighted by atomic mass is 16.3. The molecule has 6 N–H and O–H groups in total. The quantitative estimate of drug-likeness (QED) is 0.421. The number of benzene rings is 1. The van der Waals surface area contributed by atoms with E-state index in [-0.39, 0.29) is 11.5 Å². The Labute approximate surface area is 88.2 Å². The summed E-state index contributed by atoms with van der Waals surface area (Å²) in [5.41, 5.74) is 5.98. The molecule has 0 fully saturated rings. The molecular weight excluding hydrogens is 194 g/mol. The van der Waals surface area contributed by atoms with Crippen LogP contribution >= 0.6 is 0 Å². The first-order valence-electron chi connectivity index (χ1n) is 4.53. The fourth-order valence-corrected chi connectivity index (χ4v) is 1.24. The van der Waals surface area contributed by atoms with Gasteiger partial charge in [0.25, 0.3) is 0 Å². The Hall–Kier alpha value is -1.88. The number of nitrogens with two attached hydrogens (primary N) is 2. The van der Waals surface area contributed by atoms with Crippen LogP contribution in [0.4, 0.5) is 0 Å². The first kappa shape index (κ1) is 11.2. The Kier molecular flexibility index (Phi) is 3.82. The summed E-state index contributed by atoms with van der Waals surface area (Å²) >= 11 is 0. The molecule has 0 saturated carbocycles. The highest BCUT2D eigenvalue weighted by Gasteiger charge is 2.00. The third-order valence-corrected chi connectivity index (χ3v) is 1.90. The van der Waals surface area contributed by atoms with Crippen LogP contribution in [0, 0.1) is 0 Å². The van der Waals surface area contributed by atoms with E-state index in [1.165, 1.54) is 17.3 Å². The van der Waals surface area contributed by atoms with E-state index in [4.69, 9.17) is 11.6 Å². The van der Waals surface area contributed by atoms with E-state index in [9.17, 15) is 10.2 Å². The van der Waals surface area contributed by atoms with E-state index in [0.717, 1.165) is 5.56 Å². The Balaban J connectivity index is 2.57. The molecule has 0 aliphatic rings. The molecule has 0 aliphatic carbocycles. The zero-order valence-electron chi connectivity index (χ0n) is 8.30. The molecule has 0 heterocycles. The third kappa shape index (κ3) is 3.78. The fraction of sp³-hybridized carbons (Fsp3) is 0.200. The predicted molar refractivity (Wildman–Crippen MR) is 57.7 cm³/mol. The van der Waals surface area contributed by atoms with Gasteiger partial charge >= 0.3 is 0 Å².